The SMILES string of the molecule is Cc1noc(C)c1CN1[C@@H]2CC[C@H]1[C@H]1CN(Cc3cnsc3)C[C@H]12. The number of nitrogens with zero attached hydrogens (tertiary/aromatic N) is 4. The van der Waals surface area contributed by atoms with Gasteiger partial charge in [0, 0.05) is 55.4 Å². The van der Waals surface area contributed by atoms with Gasteiger partial charge in [0.1, 0.15) is 5.76 Å². The molecular formula is C18H24N4OS. The van der Waals surface area contributed by atoms with Crippen molar-refractivity contribution >= 4 is 11.5 Å². The van der Waals surface area contributed by atoms with Crippen molar-refractivity contribution in [2.75, 3.05) is 13.1 Å². The van der Waals surface area contributed by atoms with E-state index >= 15 is 0 Å². The van der Waals surface area contributed by atoms with Gasteiger partial charge in [-0.2, -0.15) is 0 Å². The molecule has 0 radical (unpaired) electrons. The van der Waals surface area contributed by atoms with Gasteiger partial charge < -0.3 is 4.52 Å². The molecule has 0 saturated carbocycles. The summed E-state index contributed by atoms with van der Waals surface area (Å²) in [5, 5.41) is 6.33. The first kappa shape index (κ1) is 15.0. The summed E-state index contributed by atoms with van der Waals surface area (Å²) in [6, 6.07) is 1.50. The van der Waals surface area contributed by atoms with Crippen LogP contribution in [0.5, 0.6) is 0 Å². The van der Waals surface area contributed by atoms with Crippen molar-refractivity contribution in [3.63, 3.8) is 0 Å². The summed E-state index contributed by atoms with van der Waals surface area (Å²) in [5.41, 5.74) is 3.75. The second-order valence-electron chi connectivity index (χ2n) is 7.74. The molecule has 3 aliphatic rings. The molecule has 4 atom stereocenters. The summed E-state index contributed by atoms with van der Waals surface area (Å²) >= 11 is 1.56. The van der Waals surface area contributed by atoms with E-state index in [2.05, 4.69) is 31.6 Å². The highest BCUT2D eigenvalue weighted by Crippen LogP contribution is 2.50. The van der Waals surface area contributed by atoms with Crippen molar-refractivity contribution in [1.82, 2.24) is 19.3 Å². The Morgan fingerprint density at radius 3 is 2.50 bits per heavy atom. The molecule has 24 heavy (non-hydrogen) atoms. The average molecular weight is 344 g/mol. The highest BCUT2D eigenvalue weighted by molar-refractivity contribution is 7.03. The summed E-state index contributed by atoms with van der Waals surface area (Å²) < 4.78 is 9.62. The third-order valence-corrected chi connectivity index (χ3v) is 7.13. The summed E-state index contributed by atoms with van der Waals surface area (Å²) in [6.45, 7) is 8.72. The van der Waals surface area contributed by atoms with E-state index in [4.69, 9.17) is 4.52 Å². The minimum atomic E-state index is 0.749. The maximum atomic E-state index is 5.38. The Labute approximate surface area is 146 Å². The van der Waals surface area contributed by atoms with Gasteiger partial charge in [0.25, 0.3) is 0 Å². The zero-order valence-corrected chi connectivity index (χ0v) is 15.1. The molecule has 5 rings (SSSR count). The first-order valence-corrected chi connectivity index (χ1v) is 9.82. The lowest BCUT2D eigenvalue weighted by Crippen LogP contribution is -2.35. The zero-order chi connectivity index (χ0) is 16.3. The molecule has 3 saturated heterocycles. The Kier molecular flexibility index (Phi) is 3.54. The second-order valence-corrected chi connectivity index (χ2v) is 8.40. The molecular weight excluding hydrogens is 320 g/mol. The number of likely N-dealkylation sites (tertiary alicyclic amines) is 1. The number of hydrogen-bond acceptors (Lipinski definition) is 6. The number of rotatable bonds is 4. The predicted octanol–water partition coefficient (Wildman–Crippen LogP) is 2.84. The van der Waals surface area contributed by atoms with Crippen molar-refractivity contribution in [3.8, 4) is 0 Å². The van der Waals surface area contributed by atoms with Crippen molar-refractivity contribution in [1.29, 1.82) is 0 Å². The minimum Gasteiger partial charge on any atom is -0.361 e. The van der Waals surface area contributed by atoms with Gasteiger partial charge in [-0.1, -0.05) is 5.16 Å². The monoisotopic (exact) mass is 344 g/mol. The van der Waals surface area contributed by atoms with Crippen LogP contribution in [0.4, 0.5) is 0 Å². The molecule has 128 valence electrons. The van der Waals surface area contributed by atoms with Gasteiger partial charge in [-0.05, 0) is 55.6 Å². The lowest BCUT2D eigenvalue weighted by Gasteiger charge is -2.26. The summed E-state index contributed by atoms with van der Waals surface area (Å²) in [6.07, 6.45) is 4.75. The molecule has 3 aliphatic heterocycles. The molecule has 0 amide bonds. The number of aryl methyl sites for hydroxylation is 2. The highest BCUT2D eigenvalue weighted by Gasteiger charge is 2.56. The lowest BCUT2D eigenvalue weighted by molar-refractivity contribution is 0.185. The third-order valence-electron chi connectivity index (χ3n) is 6.50. The average Bonchev–Trinajstić information content (AvgIpc) is 3.34. The fourth-order valence-corrected chi connectivity index (χ4v) is 5.96. The van der Waals surface area contributed by atoms with Gasteiger partial charge in [0.05, 0.1) is 5.69 Å². The van der Waals surface area contributed by atoms with Crippen LogP contribution in [0.25, 0.3) is 0 Å². The number of hydrogen-bond donors (Lipinski definition) is 0. The lowest BCUT2D eigenvalue weighted by atomic mass is 9.82. The highest BCUT2D eigenvalue weighted by atomic mass is 32.1. The molecule has 6 heteroatoms. The quantitative estimate of drug-likeness (QED) is 0.853. The molecule has 3 fully saturated rings. The largest absolute Gasteiger partial charge is 0.361 e. The van der Waals surface area contributed by atoms with E-state index in [-0.39, 0.29) is 0 Å². The molecule has 0 N–H and O–H groups in total. The van der Waals surface area contributed by atoms with Gasteiger partial charge in [-0.3, -0.25) is 9.80 Å². The topological polar surface area (TPSA) is 45.4 Å². The van der Waals surface area contributed by atoms with Crippen molar-refractivity contribution in [2.24, 2.45) is 11.8 Å². The Hall–Kier alpha value is -1.24. The standard InChI is InChI=1S/C18H24N4OS/c1-11-14(12(2)23-20-11)9-22-17-3-4-18(22)16-8-21(7-15(16)17)6-13-5-19-24-10-13/h5,10,15-18H,3-4,6-9H2,1-2H3/t15-,16+,17-,18+. The van der Waals surface area contributed by atoms with Gasteiger partial charge in [0.2, 0.25) is 0 Å². The van der Waals surface area contributed by atoms with E-state index < -0.39 is 0 Å². The number of fused-ring (bicyclic) bond motifs is 5. The molecule has 2 bridgehead atoms. The normalized spacial score (nSPS) is 32.8. The Bertz CT molecular complexity index is 688. The zero-order valence-electron chi connectivity index (χ0n) is 14.3. The van der Waals surface area contributed by atoms with Crippen LogP contribution >= 0.6 is 11.5 Å². The molecule has 5 nitrogen and oxygen atoms in total. The van der Waals surface area contributed by atoms with E-state index in [9.17, 15) is 0 Å². The van der Waals surface area contributed by atoms with Crippen LogP contribution in [0.1, 0.15) is 35.4 Å². The van der Waals surface area contributed by atoms with E-state index in [0.717, 1.165) is 48.5 Å². The Morgan fingerprint density at radius 2 is 1.92 bits per heavy atom. The van der Waals surface area contributed by atoms with Crippen LogP contribution in [0.2, 0.25) is 0 Å². The van der Waals surface area contributed by atoms with Gasteiger partial charge in [-0.15, -0.1) is 0 Å². The summed E-state index contributed by atoms with van der Waals surface area (Å²) in [5.74, 6) is 2.68. The predicted molar refractivity (Wildman–Crippen MR) is 92.7 cm³/mol. The minimum absolute atomic E-state index is 0.749. The molecule has 0 unspecified atom stereocenters. The smallest absolute Gasteiger partial charge is 0.138 e. The van der Waals surface area contributed by atoms with E-state index in [1.807, 2.05) is 13.1 Å². The van der Waals surface area contributed by atoms with Gasteiger partial charge in [-0.25, -0.2) is 4.37 Å². The second kappa shape index (κ2) is 5.64. The van der Waals surface area contributed by atoms with Crippen LogP contribution in [0.3, 0.4) is 0 Å². The molecule has 2 aromatic heterocycles. The Balaban J connectivity index is 1.30. The number of aromatic nitrogens is 2. The maximum absolute atomic E-state index is 5.38. The third kappa shape index (κ3) is 2.27. The summed E-state index contributed by atoms with van der Waals surface area (Å²) in [7, 11) is 0. The van der Waals surface area contributed by atoms with E-state index in [1.54, 1.807) is 11.5 Å². The fourth-order valence-electron chi connectivity index (χ4n) is 5.43. The van der Waals surface area contributed by atoms with Gasteiger partial charge >= 0.3 is 0 Å². The van der Waals surface area contributed by atoms with E-state index in [0.29, 0.717) is 0 Å². The first-order valence-electron chi connectivity index (χ1n) is 8.99. The van der Waals surface area contributed by atoms with Crippen molar-refractivity contribution < 1.29 is 4.52 Å². The van der Waals surface area contributed by atoms with Crippen molar-refractivity contribution in [3.05, 3.63) is 34.2 Å². The molecule has 5 heterocycles. The molecule has 0 spiro atoms. The molecule has 2 aromatic rings. The molecule has 0 aromatic carbocycles. The van der Waals surface area contributed by atoms with Crippen LogP contribution < -0.4 is 0 Å². The summed E-state index contributed by atoms with van der Waals surface area (Å²) in [4.78, 5) is 5.42. The van der Waals surface area contributed by atoms with Crippen LogP contribution in [-0.2, 0) is 13.1 Å². The first-order chi connectivity index (χ1) is 11.7. The molecule has 0 aliphatic carbocycles. The van der Waals surface area contributed by atoms with Crippen LogP contribution in [-0.4, -0.2) is 44.5 Å². The van der Waals surface area contributed by atoms with Crippen LogP contribution in [0, 0.1) is 25.7 Å². The fraction of sp³-hybridized carbons (Fsp3) is 0.667. The van der Waals surface area contributed by atoms with Crippen LogP contribution in [0.15, 0.2) is 16.1 Å². The van der Waals surface area contributed by atoms with Gasteiger partial charge in [0.15, 0.2) is 0 Å². The maximum Gasteiger partial charge on any atom is 0.138 e. The van der Waals surface area contributed by atoms with Crippen molar-refractivity contribution in [2.45, 2.75) is 51.9 Å². The Morgan fingerprint density at radius 1 is 1.17 bits per heavy atom. The van der Waals surface area contributed by atoms with E-state index in [1.165, 1.54) is 37.1 Å².